The first kappa shape index (κ1) is 13.4. The van der Waals surface area contributed by atoms with Crippen molar-refractivity contribution in [3.63, 3.8) is 0 Å². The lowest BCUT2D eigenvalue weighted by molar-refractivity contribution is -0.144. The summed E-state index contributed by atoms with van der Waals surface area (Å²) in [4.78, 5) is 14.7. The van der Waals surface area contributed by atoms with E-state index in [1.54, 1.807) is 14.0 Å². The van der Waals surface area contributed by atoms with Gasteiger partial charge in [-0.3, -0.25) is 4.79 Å². The topological polar surface area (TPSA) is 77.3 Å². The Morgan fingerprint density at radius 1 is 1.47 bits per heavy atom. The van der Waals surface area contributed by atoms with Gasteiger partial charge in [0.05, 0.1) is 19.2 Å². The molecule has 1 atom stereocenters. The van der Waals surface area contributed by atoms with Gasteiger partial charge in [0.25, 0.3) is 0 Å². The average Bonchev–Trinajstić information content (AvgIpc) is 2.82. The summed E-state index contributed by atoms with van der Waals surface area (Å²) in [5.41, 5.74) is 7.73. The number of aromatic amines is 1. The summed E-state index contributed by atoms with van der Waals surface area (Å²) in [6.45, 7) is 2.11. The summed E-state index contributed by atoms with van der Waals surface area (Å²) in [5, 5.41) is 1.01. The molecular weight excluding hydrogens is 244 g/mol. The van der Waals surface area contributed by atoms with Gasteiger partial charge in [0, 0.05) is 18.0 Å². The molecule has 5 heteroatoms. The molecule has 0 unspecified atom stereocenters. The number of hydrogen-bond acceptors (Lipinski definition) is 4. The van der Waals surface area contributed by atoms with Gasteiger partial charge in [-0.05, 0) is 18.6 Å². The Labute approximate surface area is 111 Å². The average molecular weight is 262 g/mol. The molecule has 1 aromatic heterocycles. The van der Waals surface area contributed by atoms with Crippen LogP contribution in [0.3, 0.4) is 0 Å². The number of nitrogens with two attached hydrogens (primary N) is 1. The summed E-state index contributed by atoms with van der Waals surface area (Å²) < 4.78 is 10.2. The van der Waals surface area contributed by atoms with Gasteiger partial charge in [0.2, 0.25) is 0 Å². The third-order valence-corrected chi connectivity index (χ3v) is 3.01. The van der Waals surface area contributed by atoms with E-state index in [4.69, 9.17) is 15.2 Å². The molecule has 0 saturated heterocycles. The number of para-hydroxylation sites is 1. The maximum atomic E-state index is 11.5. The van der Waals surface area contributed by atoms with Gasteiger partial charge in [-0.15, -0.1) is 0 Å². The number of ether oxygens (including phenoxy) is 2. The Bertz CT molecular complexity index is 577. The Morgan fingerprint density at radius 3 is 2.95 bits per heavy atom. The van der Waals surface area contributed by atoms with Crippen molar-refractivity contribution >= 4 is 16.9 Å². The second kappa shape index (κ2) is 5.75. The first-order chi connectivity index (χ1) is 9.17. The fourth-order valence-corrected chi connectivity index (χ4v) is 2.09. The monoisotopic (exact) mass is 262 g/mol. The summed E-state index contributed by atoms with van der Waals surface area (Å²) in [5.74, 6) is 0.396. The number of esters is 1. The second-order valence-electron chi connectivity index (χ2n) is 4.26. The number of fused-ring (bicyclic) bond motifs is 1. The van der Waals surface area contributed by atoms with Crippen molar-refractivity contribution in [2.75, 3.05) is 13.7 Å². The van der Waals surface area contributed by atoms with Gasteiger partial charge >= 0.3 is 5.97 Å². The Balaban J connectivity index is 2.24. The van der Waals surface area contributed by atoms with Gasteiger partial charge in [-0.2, -0.15) is 0 Å². The minimum Gasteiger partial charge on any atom is -0.495 e. The number of methoxy groups -OCH3 is 1. The highest BCUT2D eigenvalue weighted by molar-refractivity contribution is 5.89. The number of aromatic nitrogens is 1. The van der Waals surface area contributed by atoms with E-state index in [2.05, 4.69) is 4.98 Å². The largest absolute Gasteiger partial charge is 0.495 e. The third-order valence-electron chi connectivity index (χ3n) is 3.01. The van der Waals surface area contributed by atoms with Crippen molar-refractivity contribution in [1.29, 1.82) is 0 Å². The molecule has 0 aliphatic carbocycles. The van der Waals surface area contributed by atoms with Crippen molar-refractivity contribution in [2.45, 2.75) is 19.4 Å². The highest BCUT2D eigenvalue weighted by Crippen LogP contribution is 2.27. The third kappa shape index (κ3) is 2.71. The van der Waals surface area contributed by atoms with E-state index in [9.17, 15) is 4.79 Å². The second-order valence-corrected chi connectivity index (χ2v) is 4.26. The molecule has 102 valence electrons. The molecule has 0 spiro atoms. The quantitative estimate of drug-likeness (QED) is 0.802. The van der Waals surface area contributed by atoms with Crippen LogP contribution < -0.4 is 10.5 Å². The zero-order valence-corrected chi connectivity index (χ0v) is 11.1. The number of carbonyl (C=O) groups is 1. The van der Waals surface area contributed by atoms with Crippen LogP contribution in [0.1, 0.15) is 12.5 Å². The summed E-state index contributed by atoms with van der Waals surface area (Å²) in [7, 11) is 1.62. The minimum absolute atomic E-state index is 0.342. The first-order valence-corrected chi connectivity index (χ1v) is 6.22. The molecule has 0 saturated carbocycles. The molecule has 0 fully saturated rings. The molecule has 0 aliphatic rings. The lowest BCUT2D eigenvalue weighted by atomic mass is 10.1. The minimum atomic E-state index is -0.648. The number of hydrogen-bond donors (Lipinski definition) is 2. The molecule has 1 heterocycles. The summed E-state index contributed by atoms with van der Waals surface area (Å²) in [6, 6.07) is 5.12. The fourth-order valence-electron chi connectivity index (χ4n) is 2.09. The Hall–Kier alpha value is -2.01. The number of nitrogens with one attached hydrogen (secondary N) is 1. The van der Waals surface area contributed by atoms with E-state index in [0.717, 1.165) is 22.2 Å². The molecule has 3 N–H and O–H groups in total. The SMILES string of the molecule is CCOC(=O)[C@@H](N)Cc1c[nH]c2c(OC)cccc12. The van der Waals surface area contributed by atoms with E-state index in [0.29, 0.717) is 13.0 Å². The molecule has 5 nitrogen and oxygen atoms in total. The van der Waals surface area contributed by atoms with E-state index < -0.39 is 6.04 Å². The van der Waals surface area contributed by atoms with Crippen LogP contribution in [0.2, 0.25) is 0 Å². The maximum absolute atomic E-state index is 11.5. The maximum Gasteiger partial charge on any atom is 0.323 e. The summed E-state index contributed by atoms with van der Waals surface area (Å²) in [6.07, 6.45) is 2.29. The number of benzene rings is 1. The van der Waals surface area contributed by atoms with Gasteiger partial charge in [0.15, 0.2) is 0 Å². The Kier molecular flexibility index (Phi) is 4.06. The lowest BCUT2D eigenvalue weighted by Crippen LogP contribution is -2.34. The lowest BCUT2D eigenvalue weighted by Gasteiger charge is -2.09. The van der Waals surface area contributed by atoms with Crippen LogP contribution in [0.4, 0.5) is 0 Å². The van der Waals surface area contributed by atoms with Crippen LogP contribution in [-0.2, 0) is 16.0 Å². The smallest absolute Gasteiger partial charge is 0.323 e. The van der Waals surface area contributed by atoms with Gasteiger partial charge in [-0.25, -0.2) is 0 Å². The summed E-state index contributed by atoms with van der Waals surface area (Å²) >= 11 is 0. The van der Waals surface area contributed by atoms with Gasteiger partial charge < -0.3 is 20.2 Å². The van der Waals surface area contributed by atoms with Crippen LogP contribution >= 0.6 is 0 Å². The molecule has 2 rings (SSSR count). The highest BCUT2D eigenvalue weighted by atomic mass is 16.5. The molecule has 0 bridgehead atoms. The molecule has 0 radical (unpaired) electrons. The van der Waals surface area contributed by atoms with E-state index >= 15 is 0 Å². The van der Waals surface area contributed by atoms with Crippen LogP contribution in [0, 0.1) is 0 Å². The normalized spacial score (nSPS) is 12.4. The predicted molar refractivity (Wildman–Crippen MR) is 73.2 cm³/mol. The number of rotatable bonds is 5. The van der Waals surface area contributed by atoms with Crippen LogP contribution in [-0.4, -0.2) is 30.7 Å². The number of H-pyrrole nitrogens is 1. The van der Waals surface area contributed by atoms with Crippen LogP contribution in [0.5, 0.6) is 5.75 Å². The van der Waals surface area contributed by atoms with Crippen LogP contribution in [0.15, 0.2) is 24.4 Å². The van der Waals surface area contributed by atoms with Crippen molar-refractivity contribution in [3.05, 3.63) is 30.0 Å². The van der Waals surface area contributed by atoms with E-state index in [-0.39, 0.29) is 5.97 Å². The number of carbonyl (C=O) groups excluding carboxylic acids is 1. The first-order valence-electron chi connectivity index (χ1n) is 6.22. The molecular formula is C14H18N2O3. The standard InChI is InChI=1S/C14H18N2O3/c1-3-19-14(17)11(15)7-9-8-16-13-10(9)5-4-6-12(13)18-2/h4-6,8,11,16H,3,7,15H2,1-2H3/t11-/m0/s1. The van der Waals surface area contributed by atoms with Gasteiger partial charge in [0.1, 0.15) is 11.8 Å². The predicted octanol–water partition coefficient (Wildman–Crippen LogP) is 1.61. The zero-order valence-electron chi connectivity index (χ0n) is 11.1. The van der Waals surface area contributed by atoms with E-state index in [1.807, 2.05) is 24.4 Å². The molecule has 0 aliphatic heterocycles. The van der Waals surface area contributed by atoms with Crippen molar-refractivity contribution < 1.29 is 14.3 Å². The van der Waals surface area contributed by atoms with Crippen molar-refractivity contribution in [3.8, 4) is 5.75 Å². The highest BCUT2D eigenvalue weighted by Gasteiger charge is 2.17. The molecule has 0 amide bonds. The van der Waals surface area contributed by atoms with Gasteiger partial charge in [-0.1, -0.05) is 12.1 Å². The van der Waals surface area contributed by atoms with Crippen LogP contribution in [0.25, 0.3) is 10.9 Å². The molecule has 1 aromatic carbocycles. The van der Waals surface area contributed by atoms with E-state index in [1.165, 1.54) is 0 Å². The zero-order chi connectivity index (χ0) is 13.8. The molecule has 19 heavy (non-hydrogen) atoms. The molecule has 2 aromatic rings. The fraction of sp³-hybridized carbons (Fsp3) is 0.357. The van der Waals surface area contributed by atoms with Crippen molar-refractivity contribution in [1.82, 2.24) is 4.98 Å². The van der Waals surface area contributed by atoms with Crippen molar-refractivity contribution in [2.24, 2.45) is 5.73 Å². The Morgan fingerprint density at radius 2 is 2.26 bits per heavy atom.